The Morgan fingerprint density at radius 1 is 1.33 bits per heavy atom. The zero-order valence-corrected chi connectivity index (χ0v) is 8.33. The van der Waals surface area contributed by atoms with Gasteiger partial charge in [-0.25, -0.2) is 4.39 Å². The molecular weight excluding hydrogens is 195 g/mol. The Labute approximate surface area is 86.7 Å². The van der Waals surface area contributed by atoms with Crippen molar-refractivity contribution in [1.29, 1.82) is 0 Å². The van der Waals surface area contributed by atoms with Gasteiger partial charge in [0.25, 0.3) is 0 Å². The second-order valence-electron chi connectivity index (χ2n) is 3.24. The lowest BCUT2D eigenvalue weighted by molar-refractivity contribution is 0.435. The average Bonchev–Trinajstić information content (AvgIpc) is 2.61. The summed E-state index contributed by atoms with van der Waals surface area (Å²) in [4.78, 5) is 0. The molecule has 0 saturated heterocycles. The van der Waals surface area contributed by atoms with Gasteiger partial charge in [0.1, 0.15) is 5.82 Å². The molecule has 2 aromatic rings. The van der Waals surface area contributed by atoms with Gasteiger partial charge in [0.2, 0.25) is 0 Å². The van der Waals surface area contributed by atoms with Gasteiger partial charge in [-0.1, -0.05) is 12.1 Å². The van der Waals surface area contributed by atoms with Crippen LogP contribution in [0.4, 0.5) is 10.2 Å². The molecule has 0 bridgehead atoms. The van der Waals surface area contributed by atoms with E-state index in [0.29, 0.717) is 11.6 Å². The first-order valence-electron chi connectivity index (χ1n) is 4.72. The van der Waals surface area contributed by atoms with Gasteiger partial charge in [0, 0.05) is 11.1 Å². The largest absolute Gasteiger partial charge is 0.381 e. The third-order valence-corrected chi connectivity index (χ3v) is 2.28. The second-order valence-corrected chi connectivity index (χ2v) is 3.24. The summed E-state index contributed by atoms with van der Waals surface area (Å²) in [7, 11) is 0. The molecule has 4 heteroatoms. The Hall–Kier alpha value is -1.84. The van der Waals surface area contributed by atoms with Crippen LogP contribution in [0.3, 0.4) is 0 Å². The molecule has 1 heterocycles. The van der Waals surface area contributed by atoms with Crippen molar-refractivity contribution in [3.05, 3.63) is 35.6 Å². The van der Waals surface area contributed by atoms with E-state index in [1.807, 2.05) is 6.92 Å². The van der Waals surface area contributed by atoms with E-state index in [9.17, 15) is 4.39 Å². The van der Waals surface area contributed by atoms with Gasteiger partial charge < -0.3 is 10.3 Å². The van der Waals surface area contributed by atoms with Crippen LogP contribution in [0.15, 0.2) is 28.8 Å². The number of nitrogen functional groups attached to an aromatic ring is 1. The highest BCUT2D eigenvalue weighted by atomic mass is 19.1. The number of aromatic nitrogens is 1. The predicted molar refractivity (Wildman–Crippen MR) is 55.7 cm³/mol. The summed E-state index contributed by atoms with van der Waals surface area (Å²) >= 11 is 0. The normalized spacial score (nSPS) is 10.5. The highest BCUT2D eigenvalue weighted by Gasteiger charge is 2.13. The lowest BCUT2D eigenvalue weighted by Gasteiger charge is -1.98. The van der Waals surface area contributed by atoms with Crippen LogP contribution < -0.4 is 5.73 Å². The van der Waals surface area contributed by atoms with Crippen LogP contribution in [0.5, 0.6) is 0 Å². The Morgan fingerprint density at radius 3 is 2.60 bits per heavy atom. The van der Waals surface area contributed by atoms with Crippen molar-refractivity contribution >= 4 is 5.82 Å². The minimum absolute atomic E-state index is 0.274. The van der Waals surface area contributed by atoms with E-state index < -0.39 is 0 Å². The lowest BCUT2D eigenvalue weighted by Crippen LogP contribution is -1.90. The molecule has 15 heavy (non-hydrogen) atoms. The maximum absolute atomic E-state index is 12.7. The molecule has 78 valence electrons. The summed E-state index contributed by atoms with van der Waals surface area (Å²) in [6.45, 7) is 1.97. The van der Waals surface area contributed by atoms with E-state index in [4.69, 9.17) is 10.3 Å². The van der Waals surface area contributed by atoms with E-state index >= 15 is 0 Å². The van der Waals surface area contributed by atoms with Crippen LogP contribution in [0.1, 0.15) is 12.5 Å². The molecule has 2 N–H and O–H groups in total. The molecule has 0 aliphatic heterocycles. The maximum atomic E-state index is 12.7. The molecule has 0 unspecified atom stereocenters. The number of nitrogens with two attached hydrogens (primary N) is 1. The van der Waals surface area contributed by atoms with Crippen molar-refractivity contribution in [1.82, 2.24) is 5.16 Å². The maximum Gasteiger partial charge on any atom is 0.172 e. The number of halogens is 1. The summed E-state index contributed by atoms with van der Waals surface area (Å²) in [5.41, 5.74) is 7.29. The molecule has 0 atom stereocenters. The Bertz CT molecular complexity index is 462. The Kier molecular flexibility index (Phi) is 2.41. The third-order valence-electron chi connectivity index (χ3n) is 2.28. The summed E-state index contributed by atoms with van der Waals surface area (Å²) in [6, 6.07) is 6.06. The van der Waals surface area contributed by atoms with Crippen LogP contribution in [0.2, 0.25) is 0 Å². The Morgan fingerprint density at radius 2 is 2.00 bits per heavy atom. The molecule has 0 fully saturated rings. The first kappa shape index (κ1) is 9.71. The van der Waals surface area contributed by atoms with E-state index in [1.54, 1.807) is 12.1 Å². The fourth-order valence-electron chi connectivity index (χ4n) is 1.49. The average molecular weight is 206 g/mol. The van der Waals surface area contributed by atoms with Gasteiger partial charge in [-0.05, 0) is 30.7 Å². The predicted octanol–water partition coefficient (Wildman–Crippen LogP) is 2.63. The zero-order valence-electron chi connectivity index (χ0n) is 8.33. The first-order valence-corrected chi connectivity index (χ1v) is 4.72. The highest BCUT2D eigenvalue weighted by Crippen LogP contribution is 2.27. The quantitative estimate of drug-likeness (QED) is 0.821. The topological polar surface area (TPSA) is 52.0 Å². The van der Waals surface area contributed by atoms with E-state index in [1.165, 1.54) is 12.1 Å². The van der Waals surface area contributed by atoms with Crippen molar-refractivity contribution in [3.63, 3.8) is 0 Å². The highest BCUT2D eigenvalue weighted by molar-refractivity contribution is 5.65. The standard InChI is InChI=1S/C11H11FN2O/c1-2-9-10(15-14-11(9)13)7-3-5-8(12)6-4-7/h3-6H,2H2,1H3,(H2,13,14). The second kappa shape index (κ2) is 3.73. The van der Waals surface area contributed by atoms with Crippen molar-refractivity contribution in [2.45, 2.75) is 13.3 Å². The number of hydrogen-bond donors (Lipinski definition) is 1. The van der Waals surface area contributed by atoms with Gasteiger partial charge >= 0.3 is 0 Å². The molecule has 1 aromatic carbocycles. The van der Waals surface area contributed by atoms with Crippen molar-refractivity contribution in [2.24, 2.45) is 0 Å². The van der Waals surface area contributed by atoms with Crippen molar-refractivity contribution in [2.75, 3.05) is 5.73 Å². The molecule has 0 spiro atoms. The number of nitrogens with zero attached hydrogens (tertiary/aromatic N) is 1. The lowest BCUT2D eigenvalue weighted by atomic mass is 10.1. The third kappa shape index (κ3) is 1.70. The molecule has 0 radical (unpaired) electrons. The molecule has 0 aliphatic carbocycles. The zero-order chi connectivity index (χ0) is 10.8. The number of benzene rings is 1. The number of anilines is 1. The van der Waals surface area contributed by atoms with Gasteiger partial charge in [-0.3, -0.25) is 0 Å². The van der Waals surface area contributed by atoms with E-state index in [0.717, 1.165) is 17.5 Å². The first-order chi connectivity index (χ1) is 7.22. The molecular formula is C11H11FN2O. The minimum Gasteiger partial charge on any atom is -0.381 e. The summed E-state index contributed by atoms with van der Waals surface area (Å²) in [5.74, 6) is 0.746. The van der Waals surface area contributed by atoms with E-state index in [-0.39, 0.29) is 5.82 Å². The number of rotatable bonds is 2. The van der Waals surface area contributed by atoms with Crippen LogP contribution in [0.25, 0.3) is 11.3 Å². The number of hydrogen-bond acceptors (Lipinski definition) is 3. The minimum atomic E-state index is -0.274. The summed E-state index contributed by atoms with van der Waals surface area (Å²) in [6.07, 6.45) is 0.738. The van der Waals surface area contributed by atoms with Gasteiger partial charge in [-0.2, -0.15) is 0 Å². The van der Waals surface area contributed by atoms with Crippen LogP contribution in [-0.4, -0.2) is 5.16 Å². The van der Waals surface area contributed by atoms with Crippen molar-refractivity contribution < 1.29 is 8.91 Å². The molecule has 0 saturated carbocycles. The van der Waals surface area contributed by atoms with Gasteiger partial charge in [-0.15, -0.1) is 0 Å². The fraction of sp³-hybridized carbons (Fsp3) is 0.182. The van der Waals surface area contributed by atoms with Crippen LogP contribution >= 0.6 is 0 Å². The molecule has 3 nitrogen and oxygen atoms in total. The van der Waals surface area contributed by atoms with Gasteiger partial charge in [0.15, 0.2) is 11.6 Å². The molecule has 1 aromatic heterocycles. The van der Waals surface area contributed by atoms with Crippen LogP contribution in [-0.2, 0) is 6.42 Å². The SMILES string of the molecule is CCc1c(N)noc1-c1ccc(F)cc1. The molecule has 2 rings (SSSR count). The fourth-order valence-corrected chi connectivity index (χ4v) is 1.49. The Balaban J connectivity index is 2.49. The smallest absolute Gasteiger partial charge is 0.172 e. The molecule has 0 amide bonds. The summed E-state index contributed by atoms with van der Waals surface area (Å²) < 4.78 is 17.8. The van der Waals surface area contributed by atoms with Gasteiger partial charge in [0.05, 0.1) is 0 Å². The molecule has 0 aliphatic rings. The van der Waals surface area contributed by atoms with Crippen LogP contribution in [0, 0.1) is 5.82 Å². The summed E-state index contributed by atoms with van der Waals surface area (Å²) in [5, 5.41) is 3.70. The van der Waals surface area contributed by atoms with E-state index in [2.05, 4.69) is 5.16 Å². The van der Waals surface area contributed by atoms with Crippen molar-refractivity contribution in [3.8, 4) is 11.3 Å². The monoisotopic (exact) mass is 206 g/mol.